The zero-order valence-electron chi connectivity index (χ0n) is 16.8. The molecular weight excluding hydrogens is 444 g/mol. The van der Waals surface area contributed by atoms with Crippen molar-refractivity contribution in [2.24, 2.45) is 5.16 Å². The number of nitrogens with two attached hydrogens (primary N) is 1. The summed E-state index contributed by atoms with van der Waals surface area (Å²) in [5, 5.41) is 25.7. The normalized spacial score (nSPS) is 25.3. The lowest BCUT2D eigenvalue weighted by Crippen LogP contribution is -2.71. The molecule has 0 radical (unpaired) electrons. The van der Waals surface area contributed by atoms with Gasteiger partial charge >= 0.3 is 5.97 Å². The second-order valence-corrected chi connectivity index (χ2v) is 10.1. The van der Waals surface area contributed by atoms with Gasteiger partial charge in [-0.25, -0.2) is 9.78 Å². The van der Waals surface area contributed by atoms with Crippen molar-refractivity contribution in [3.8, 4) is 0 Å². The van der Waals surface area contributed by atoms with E-state index in [1.54, 1.807) is 0 Å². The van der Waals surface area contributed by atoms with Crippen molar-refractivity contribution in [1.29, 1.82) is 0 Å². The molecule has 2 amide bonds. The first-order chi connectivity index (χ1) is 14.7. The molecule has 0 spiro atoms. The number of aliphatic carboxylic acids is 1. The van der Waals surface area contributed by atoms with Gasteiger partial charge in [0.1, 0.15) is 29.4 Å². The summed E-state index contributed by atoms with van der Waals surface area (Å²) < 4.78 is 0.770. The molecule has 0 aromatic carbocycles. The fraction of sp³-hybridized carbons (Fsp3) is 0.500. The van der Waals surface area contributed by atoms with Gasteiger partial charge in [-0.3, -0.25) is 14.5 Å². The van der Waals surface area contributed by atoms with Gasteiger partial charge in [0.2, 0.25) is 0 Å². The minimum absolute atomic E-state index is 0.0221. The molecule has 2 fully saturated rings. The van der Waals surface area contributed by atoms with Crippen LogP contribution in [0.4, 0.5) is 5.13 Å². The number of hydrogen-bond acceptors (Lipinski definition) is 9. The molecular formula is C18H23N6O5S2+. The maximum absolute atomic E-state index is 12.8. The Morgan fingerprint density at radius 2 is 2.13 bits per heavy atom. The highest BCUT2D eigenvalue weighted by atomic mass is 32.2. The van der Waals surface area contributed by atoms with E-state index in [9.17, 15) is 24.7 Å². The highest BCUT2D eigenvalue weighted by molar-refractivity contribution is 8.00. The smallest absolute Gasteiger partial charge is 0.352 e. The van der Waals surface area contributed by atoms with Gasteiger partial charge in [0.25, 0.3) is 11.8 Å². The van der Waals surface area contributed by atoms with E-state index >= 15 is 0 Å². The van der Waals surface area contributed by atoms with Crippen LogP contribution in [0.15, 0.2) is 21.8 Å². The number of thiazole rings is 1. The number of amides is 2. The molecule has 0 bridgehead atoms. The van der Waals surface area contributed by atoms with E-state index in [0.29, 0.717) is 12.3 Å². The summed E-state index contributed by atoms with van der Waals surface area (Å²) in [5.74, 6) is -1.95. The molecule has 4 heterocycles. The lowest BCUT2D eigenvalue weighted by molar-refractivity contribution is -0.893. The molecule has 2 atom stereocenters. The Hall–Kier alpha value is -2.64. The number of thioether (sulfide) groups is 1. The number of likely N-dealkylation sites (N-methyl/N-ethyl adjacent to an activating group) is 1. The van der Waals surface area contributed by atoms with Crippen LogP contribution in [0.25, 0.3) is 0 Å². The van der Waals surface area contributed by atoms with E-state index in [0.717, 1.165) is 47.3 Å². The SMILES string of the molecule is C[N+]1(CC2=C(C(=O)O)N3C(=O)[C@@H](NC(=O)/C(=N\O)c4csc(N)n4)[C@H]3SC2)CCCC1. The topological polar surface area (TPSA) is 158 Å². The third kappa shape index (κ3) is 3.88. The number of anilines is 1. The van der Waals surface area contributed by atoms with Crippen LogP contribution in [0.5, 0.6) is 0 Å². The Bertz CT molecular complexity index is 999. The van der Waals surface area contributed by atoms with Crippen molar-refractivity contribution in [3.63, 3.8) is 0 Å². The predicted octanol–water partition coefficient (Wildman–Crippen LogP) is -0.117. The van der Waals surface area contributed by atoms with Gasteiger partial charge in [-0.15, -0.1) is 23.1 Å². The number of nitrogens with one attached hydrogen (secondary N) is 1. The van der Waals surface area contributed by atoms with E-state index in [1.165, 1.54) is 22.0 Å². The lowest BCUT2D eigenvalue weighted by Gasteiger charge is -2.49. The van der Waals surface area contributed by atoms with Crippen LogP contribution < -0.4 is 11.1 Å². The number of rotatable bonds is 6. The molecule has 2 saturated heterocycles. The summed E-state index contributed by atoms with van der Waals surface area (Å²) in [6, 6.07) is -0.919. The Morgan fingerprint density at radius 1 is 1.42 bits per heavy atom. The predicted molar refractivity (Wildman–Crippen MR) is 115 cm³/mol. The highest BCUT2D eigenvalue weighted by Crippen LogP contribution is 2.41. The van der Waals surface area contributed by atoms with Gasteiger partial charge in [0, 0.05) is 29.5 Å². The minimum Gasteiger partial charge on any atom is -0.477 e. The van der Waals surface area contributed by atoms with Crippen molar-refractivity contribution in [3.05, 3.63) is 22.3 Å². The first-order valence-electron chi connectivity index (χ1n) is 9.72. The average Bonchev–Trinajstić information content (AvgIpc) is 3.34. The minimum atomic E-state index is -1.14. The lowest BCUT2D eigenvalue weighted by atomic mass is 10.0. The number of carbonyl (C=O) groups excluding carboxylic acids is 2. The monoisotopic (exact) mass is 467 g/mol. The number of fused-ring (bicyclic) bond motifs is 1. The van der Waals surface area contributed by atoms with Crippen LogP contribution in [0.2, 0.25) is 0 Å². The third-order valence-corrected chi connectivity index (χ3v) is 7.85. The number of carboxylic acid groups (broad SMARTS) is 1. The number of likely N-dealkylation sites (tertiary alicyclic amines) is 1. The molecule has 1 aromatic rings. The number of carbonyl (C=O) groups is 3. The van der Waals surface area contributed by atoms with Crippen molar-refractivity contribution < 1.29 is 29.2 Å². The van der Waals surface area contributed by atoms with Gasteiger partial charge in [-0.1, -0.05) is 5.16 Å². The van der Waals surface area contributed by atoms with Crippen LogP contribution >= 0.6 is 23.1 Å². The molecule has 4 rings (SSSR count). The number of nitrogens with zero attached hydrogens (tertiary/aromatic N) is 4. The van der Waals surface area contributed by atoms with E-state index < -0.39 is 29.2 Å². The van der Waals surface area contributed by atoms with Crippen LogP contribution in [-0.2, 0) is 14.4 Å². The van der Waals surface area contributed by atoms with Gasteiger partial charge in [0.15, 0.2) is 10.8 Å². The van der Waals surface area contributed by atoms with Crippen molar-refractivity contribution in [2.75, 3.05) is 38.2 Å². The second kappa shape index (κ2) is 8.13. The molecule has 0 saturated carbocycles. The Labute approximate surface area is 186 Å². The quantitative estimate of drug-likeness (QED) is 0.148. The van der Waals surface area contributed by atoms with Gasteiger partial charge in [0.05, 0.1) is 20.1 Å². The largest absolute Gasteiger partial charge is 0.477 e. The maximum Gasteiger partial charge on any atom is 0.352 e. The Morgan fingerprint density at radius 3 is 2.71 bits per heavy atom. The average molecular weight is 468 g/mol. The summed E-state index contributed by atoms with van der Waals surface area (Å²) in [5.41, 5.74) is 6.06. The molecule has 3 aliphatic heterocycles. The fourth-order valence-corrected chi connectivity index (χ4v) is 6.22. The standard InChI is InChI=1S/C18H22N6O5S2/c1-24(4-2-3-5-24)6-9-7-30-16-12(15(26)23(16)13(9)17(27)28)21-14(25)11(22-29)10-8-31-18(19)20-10/h8,12,16H,2-7H2,1H3,(H4-,19,20,21,25,27,28,29)/p+1/t12-,16-/m1/s1. The van der Waals surface area contributed by atoms with Gasteiger partial charge in [-0.2, -0.15) is 0 Å². The zero-order valence-corrected chi connectivity index (χ0v) is 18.4. The summed E-state index contributed by atoms with van der Waals surface area (Å²) in [4.78, 5) is 42.6. The van der Waals surface area contributed by atoms with E-state index in [2.05, 4.69) is 22.5 Å². The summed E-state index contributed by atoms with van der Waals surface area (Å²) in [6.45, 7) is 2.57. The Kier molecular flexibility index (Phi) is 5.66. The molecule has 166 valence electrons. The Balaban J connectivity index is 1.51. The molecule has 3 aliphatic rings. The molecule has 11 nitrogen and oxygen atoms in total. The number of nitrogen functional groups attached to an aromatic ring is 1. The highest BCUT2D eigenvalue weighted by Gasteiger charge is 2.55. The molecule has 0 unspecified atom stereocenters. The third-order valence-electron chi connectivity index (χ3n) is 5.83. The number of hydrogen-bond donors (Lipinski definition) is 4. The van der Waals surface area contributed by atoms with Crippen LogP contribution in [0.1, 0.15) is 18.5 Å². The van der Waals surface area contributed by atoms with Crippen molar-refractivity contribution >= 4 is 51.7 Å². The van der Waals surface area contributed by atoms with Crippen molar-refractivity contribution in [1.82, 2.24) is 15.2 Å². The number of oxime groups is 1. The second-order valence-electron chi connectivity index (χ2n) is 8.07. The summed E-state index contributed by atoms with van der Waals surface area (Å²) in [7, 11) is 2.11. The first kappa shape index (κ1) is 21.6. The molecule has 5 N–H and O–H groups in total. The molecule has 13 heteroatoms. The van der Waals surface area contributed by atoms with Crippen LogP contribution in [-0.4, -0.2) is 92.0 Å². The number of aromatic nitrogens is 1. The number of quaternary nitrogens is 1. The van der Waals surface area contributed by atoms with Gasteiger partial charge < -0.3 is 25.8 Å². The van der Waals surface area contributed by atoms with E-state index in [1.807, 2.05) is 0 Å². The zero-order chi connectivity index (χ0) is 22.3. The van der Waals surface area contributed by atoms with E-state index in [-0.39, 0.29) is 22.2 Å². The fourth-order valence-electron chi connectivity index (χ4n) is 4.34. The first-order valence-corrected chi connectivity index (χ1v) is 11.6. The summed E-state index contributed by atoms with van der Waals surface area (Å²) in [6.07, 6.45) is 2.22. The van der Waals surface area contributed by atoms with Crippen molar-refractivity contribution in [2.45, 2.75) is 24.3 Å². The van der Waals surface area contributed by atoms with Crippen LogP contribution in [0.3, 0.4) is 0 Å². The van der Waals surface area contributed by atoms with E-state index in [4.69, 9.17) is 5.73 Å². The van der Waals surface area contributed by atoms with Gasteiger partial charge in [-0.05, 0) is 0 Å². The van der Waals surface area contributed by atoms with Crippen LogP contribution in [0, 0.1) is 0 Å². The molecule has 0 aliphatic carbocycles. The summed E-state index contributed by atoms with van der Waals surface area (Å²) >= 11 is 2.50. The number of carboxylic acids is 1. The maximum atomic E-state index is 12.8. The number of β-lactam (4-membered cyclic amide) rings is 1. The molecule has 1 aromatic heterocycles. The molecule has 31 heavy (non-hydrogen) atoms.